The van der Waals surface area contributed by atoms with Crippen molar-refractivity contribution in [1.82, 2.24) is 25.4 Å². The number of rotatable bonds is 18. The number of allylic oxidation sites excluding steroid dienone is 1. The third kappa shape index (κ3) is 9.99. The van der Waals surface area contributed by atoms with Crippen LogP contribution in [-0.2, 0) is 5.41 Å². The summed E-state index contributed by atoms with van der Waals surface area (Å²) in [6.45, 7) is 18.6. The van der Waals surface area contributed by atoms with Crippen molar-refractivity contribution in [2.24, 2.45) is 11.8 Å². The van der Waals surface area contributed by atoms with Crippen LogP contribution in [0.5, 0.6) is 11.8 Å². The fourth-order valence-corrected chi connectivity index (χ4v) is 5.70. The van der Waals surface area contributed by atoms with Crippen LogP contribution in [0, 0.1) is 11.8 Å². The Labute approximate surface area is 267 Å². The van der Waals surface area contributed by atoms with Crippen LogP contribution in [0.4, 0.5) is 4.39 Å². The molecule has 3 aromatic rings. The Bertz CT molecular complexity index is 1350. The van der Waals surface area contributed by atoms with Crippen molar-refractivity contribution < 1.29 is 18.4 Å². The number of nitrogens with one attached hydrogen (secondary N) is 1. The van der Waals surface area contributed by atoms with E-state index in [0.29, 0.717) is 41.6 Å². The van der Waals surface area contributed by atoms with Gasteiger partial charge in [0.25, 0.3) is 0 Å². The standard InChI is InChI=1S/C34H49ClFN5O3/c1-10-13-26(17-22(4)16-21(2)3)43-30-19-29(42-24(6)23(5)18-25(36)20-37-9)38-31(39-30)32-40-33(44-41-32)34(7,8)27-14-11-12-15-28(27)35/h11-12,14-15,19,22-26,37H,2,10,13,16-18,20H2,1,3-9H3/t22-,23+,24+,25-,26+/m1/s1. The molecule has 0 fully saturated rings. The van der Waals surface area contributed by atoms with E-state index in [1.54, 1.807) is 13.1 Å². The third-order valence-electron chi connectivity index (χ3n) is 7.81. The minimum absolute atomic E-state index is 0.0601. The van der Waals surface area contributed by atoms with Gasteiger partial charge in [0.05, 0.1) is 11.5 Å². The van der Waals surface area contributed by atoms with Gasteiger partial charge in [-0.1, -0.05) is 67.7 Å². The summed E-state index contributed by atoms with van der Waals surface area (Å²) in [5, 5.41) is 7.72. The van der Waals surface area contributed by atoms with Gasteiger partial charge in [0.1, 0.15) is 18.4 Å². The van der Waals surface area contributed by atoms with Crippen molar-refractivity contribution in [2.75, 3.05) is 13.6 Å². The molecule has 0 radical (unpaired) electrons. The Balaban J connectivity index is 1.96. The lowest BCUT2D eigenvalue weighted by Crippen LogP contribution is -2.28. The van der Waals surface area contributed by atoms with Gasteiger partial charge in [-0.05, 0) is 83.9 Å². The second-order valence-electron chi connectivity index (χ2n) is 12.6. The summed E-state index contributed by atoms with van der Waals surface area (Å²) in [7, 11) is 1.74. The normalized spacial score (nSPS) is 15.3. The molecule has 1 aromatic carbocycles. The molecule has 1 N–H and O–H groups in total. The summed E-state index contributed by atoms with van der Waals surface area (Å²) in [5.74, 6) is 1.79. The highest BCUT2D eigenvalue weighted by Gasteiger charge is 2.32. The molecule has 10 heteroatoms. The van der Waals surface area contributed by atoms with Gasteiger partial charge >= 0.3 is 0 Å². The first-order valence-corrected chi connectivity index (χ1v) is 16.0. The smallest absolute Gasteiger partial charge is 0.240 e. The van der Waals surface area contributed by atoms with E-state index in [1.807, 2.05) is 58.9 Å². The predicted octanol–water partition coefficient (Wildman–Crippen LogP) is 8.40. The van der Waals surface area contributed by atoms with E-state index in [-0.39, 0.29) is 29.8 Å². The van der Waals surface area contributed by atoms with Crippen LogP contribution < -0.4 is 14.8 Å². The van der Waals surface area contributed by atoms with Gasteiger partial charge in [-0.2, -0.15) is 15.0 Å². The number of ether oxygens (including phenoxy) is 2. The molecule has 3 rings (SSSR count). The molecule has 0 saturated carbocycles. The molecule has 0 amide bonds. The molecule has 0 spiro atoms. The molecule has 0 bridgehead atoms. The maximum atomic E-state index is 14.3. The van der Waals surface area contributed by atoms with Gasteiger partial charge < -0.3 is 19.3 Å². The van der Waals surface area contributed by atoms with Crippen LogP contribution in [0.15, 0.2) is 47.0 Å². The van der Waals surface area contributed by atoms with Crippen molar-refractivity contribution in [3.05, 3.63) is 59.0 Å². The Morgan fingerprint density at radius 3 is 2.39 bits per heavy atom. The first kappa shape index (κ1) is 35.4. The van der Waals surface area contributed by atoms with Crippen LogP contribution in [0.25, 0.3) is 11.6 Å². The average molecular weight is 630 g/mol. The zero-order valence-electron chi connectivity index (χ0n) is 27.5. The Morgan fingerprint density at radius 2 is 1.75 bits per heavy atom. The number of halogens is 2. The van der Waals surface area contributed by atoms with Gasteiger partial charge in [-0.15, -0.1) is 6.58 Å². The molecule has 0 aliphatic rings. The summed E-state index contributed by atoms with van der Waals surface area (Å²) in [4.78, 5) is 14.0. The number of hydrogen-bond acceptors (Lipinski definition) is 8. The summed E-state index contributed by atoms with van der Waals surface area (Å²) < 4.78 is 32.8. The van der Waals surface area contributed by atoms with Gasteiger partial charge in [-0.25, -0.2) is 4.39 Å². The fourth-order valence-electron chi connectivity index (χ4n) is 5.33. The maximum absolute atomic E-state index is 14.3. The van der Waals surface area contributed by atoms with Crippen LogP contribution in [0.2, 0.25) is 5.02 Å². The Hall–Kier alpha value is -3.04. The maximum Gasteiger partial charge on any atom is 0.240 e. The second kappa shape index (κ2) is 16.3. The number of aromatic nitrogens is 4. The van der Waals surface area contributed by atoms with E-state index in [9.17, 15) is 4.39 Å². The molecule has 0 aliphatic heterocycles. The van der Waals surface area contributed by atoms with Crippen LogP contribution in [0.1, 0.15) is 92.0 Å². The second-order valence-corrected chi connectivity index (χ2v) is 13.0. The lowest BCUT2D eigenvalue weighted by molar-refractivity contribution is 0.123. The number of nitrogens with zero attached hydrogens (tertiary/aromatic N) is 4. The van der Waals surface area contributed by atoms with Gasteiger partial charge in [-0.3, -0.25) is 0 Å². The molecule has 0 unspecified atom stereocenters. The van der Waals surface area contributed by atoms with Crippen molar-refractivity contribution in [1.29, 1.82) is 0 Å². The molecule has 0 saturated heterocycles. The van der Waals surface area contributed by atoms with E-state index in [4.69, 9.17) is 30.6 Å². The average Bonchev–Trinajstić information content (AvgIpc) is 3.44. The highest BCUT2D eigenvalue weighted by Crippen LogP contribution is 2.36. The molecule has 44 heavy (non-hydrogen) atoms. The summed E-state index contributed by atoms with van der Waals surface area (Å²) in [5.41, 5.74) is 1.34. The largest absolute Gasteiger partial charge is 0.474 e. The molecule has 242 valence electrons. The molecule has 2 aromatic heterocycles. The summed E-state index contributed by atoms with van der Waals surface area (Å²) in [6, 6.07) is 9.26. The van der Waals surface area contributed by atoms with Crippen LogP contribution in [0.3, 0.4) is 0 Å². The lowest BCUT2D eigenvalue weighted by Gasteiger charge is -2.24. The quantitative estimate of drug-likeness (QED) is 0.140. The van der Waals surface area contributed by atoms with E-state index in [1.165, 1.54) is 0 Å². The van der Waals surface area contributed by atoms with Crippen molar-refractivity contribution in [3.63, 3.8) is 0 Å². The van der Waals surface area contributed by atoms with Crippen molar-refractivity contribution >= 4 is 11.6 Å². The lowest BCUT2D eigenvalue weighted by atomic mass is 9.84. The molecular weight excluding hydrogens is 581 g/mol. The molecule has 0 aliphatic carbocycles. The van der Waals surface area contributed by atoms with E-state index in [2.05, 4.69) is 40.9 Å². The molecular formula is C34H49ClFN5O3. The summed E-state index contributed by atoms with van der Waals surface area (Å²) >= 11 is 6.51. The predicted molar refractivity (Wildman–Crippen MR) is 174 cm³/mol. The van der Waals surface area contributed by atoms with Crippen LogP contribution >= 0.6 is 11.6 Å². The first-order chi connectivity index (χ1) is 20.8. The number of alkyl halides is 1. The minimum atomic E-state index is -0.976. The topological polar surface area (TPSA) is 95.2 Å². The molecule has 2 heterocycles. The number of benzene rings is 1. The number of hydrogen-bond donors (Lipinski definition) is 1. The molecule has 8 nitrogen and oxygen atoms in total. The highest BCUT2D eigenvalue weighted by atomic mass is 35.5. The van der Waals surface area contributed by atoms with Crippen molar-refractivity contribution in [3.8, 4) is 23.4 Å². The van der Waals surface area contributed by atoms with Crippen molar-refractivity contribution in [2.45, 2.75) is 104 Å². The summed E-state index contributed by atoms with van der Waals surface area (Å²) in [6.07, 6.45) is 2.61. The van der Waals surface area contributed by atoms with Gasteiger partial charge in [0, 0.05) is 11.6 Å². The third-order valence-corrected chi connectivity index (χ3v) is 8.14. The Morgan fingerprint density at radius 1 is 1.07 bits per heavy atom. The fraction of sp³-hybridized carbons (Fsp3) is 0.588. The van der Waals surface area contributed by atoms with E-state index >= 15 is 0 Å². The zero-order chi connectivity index (χ0) is 32.4. The van der Waals surface area contributed by atoms with Crippen LogP contribution in [-0.4, -0.2) is 52.1 Å². The van der Waals surface area contributed by atoms with Gasteiger partial charge in [0.2, 0.25) is 29.3 Å². The SMILES string of the molecule is C=C(C)C[C@@H](C)C[C@H](CCC)Oc1cc(O[C@@H](C)[C@@H](C)C[C@@H](F)CNC)nc(-c2noc(C(C)(C)c3ccccc3Cl)n2)n1. The van der Waals surface area contributed by atoms with E-state index in [0.717, 1.165) is 36.8 Å². The molecule has 5 atom stereocenters. The Kier molecular flexibility index (Phi) is 13.1. The zero-order valence-corrected chi connectivity index (χ0v) is 28.2. The monoisotopic (exact) mass is 629 g/mol. The minimum Gasteiger partial charge on any atom is -0.474 e. The van der Waals surface area contributed by atoms with E-state index < -0.39 is 11.6 Å². The first-order valence-electron chi connectivity index (χ1n) is 15.6. The van der Waals surface area contributed by atoms with Gasteiger partial charge in [0.15, 0.2) is 0 Å². The highest BCUT2D eigenvalue weighted by molar-refractivity contribution is 6.31.